The molecule has 3 aliphatic heterocycles. The molecule has 330 valence electrons. The van der Waals surface area contributed by atoms with E-state index < -0.39 is 83.4 Å². The Morgan fingerprint density at radius 3 is 2.46 bits per heavy atom. The van der Waals surface area contributed by atoms with E-state index in [0.29, 0.717) is 17.7 Å². The predicted octanol–water partition coefficient (Wildman–Crippen LogP) is 5.76. The van der Waals surface area contributed by atoms with Gasteiger partial charge in [-0.3, -0.25) is 14.4 Å². The highest BCUT2D eigenvalue weighted by molar-refractivity contribution is 6.32. The molecule has 1 aromatic carbocycles. The number of carbonyl (C=O) groups is 4. The molecule has 3 fully saturated rings. The van der Waals surface area contributed by atoms with E-state index in [2.05, 4.69) is 27.3 Å². The molecule has 13 atom stereocenters. The topological polar surface area (TPSA) is 189 Å². The van der Waals surface area contributed by atoms with Gasteiger partial charge in [0.2, 0.25) is 5.76 Å². The summed E-state index contributed by atoms with van der Waals surface area (Å²) in [6, 6.07) is 9.85. The van der Waals surface area contributed by atoms with Gasteiger partial charge in [-0.05, 0) is 79.1 Å². The minimum Gasteiger partial charge on any atom is -0.458 e. The molecule has 15 nitrogen and oxygen atoms in total. The number of aliphatic hydroxyl groups excluding tert-OH is 1. The van der Waals surface area contributed by atoms with E-state index in [1.807, 2.05) is 56.3 Å². The summed E-state index contributed by atoms with van der Waals surface area (Å²) < 4.78 is 36.8. The highest BCUT2D eigenvalue weighted by atomic mass is 35.5. The first kappa shape index (κ1) is 46.1. The highest BCUT2D eigenvalue weighted by Gasteiger charge is 2.57. The Hall–Kier alpha value is -4.43. The number of alkyl carbamates (subject to hydrolysis) is 1. The quantitative estimate of drug-likeness (QED) is 0.126. The van der Waals surface area contributed by atoms with E-state index in [9.17, 15) is 24.3 Å². The van der Waals surface area contributed by atoms with Gasteiger partial charge in [-0.15, -0.1) is 0 Å². The van der Waals surface area contributed by atoms with E-state index in [1.54, 1.807) is 47.6 Å². The number of esters is 1. The van der Waals surface area contributed by atoms with Gasteiger partial charge in [0, 0.05) is 40.8 Å². The first-order valence-corrected chi connectivity index (χ1v) is 21.2. The van der Waals surface area contributed by atoms with Crippen LogP contribution in [0.2, 0.25) is 5.15 Å². The molecule has 2 aromatic heterocycles. The molecule has 3 aromatic rings. The molecule has 16 heteroatoms. The smallest absolute Gasteiger partial charge is 0.408 e. The first-order valence-electron chi connectivity index (χ1n) is 20.9. The number of nitrogens with one attached hydrogen (secondary N) is 1. The number of hydrogen-bond donors (Lipinski definition) is 2. The summed E-state index contributed by atoms with van der Waals surface area (Å²) in [6.45, 7) is 13.3. The summed E-state index contributed by atoms with van der Waals surface area (Å²) in [4.78, 5) is 62.0. The van der Waals surface area contributed by atoms with Crippen LogP contribution < -0.4 is 5.32 Å². The number of nitrogens with zero attached hydrogens (tertiary/aromatic N) is 3. The normalized spacial score (nSPS) is 35.1. The summed E-state index contributed by atoms with van der Waals surface area (Å²) in [6.07, 6.45) is -4.81. The molecular weight excluding hydrogens is 808 g/mol. The lowest BCUT2D eigenvalue weighted by Gasteiger charge is -2.47. The molecular formula is C45H57ClN4O11. The number of benzene rings is 1. The lowest BCUT2D eigenvalue weighted by Crippen LogP contribution is -2.60. The SMILES string of the molecule is CC[C@H]1OC(=O)[C@H](C)C(=O)[C@H](C)[C@@H](O[C@@H]2O[C@H](C)C[C@H](N(C)C)[C@H]2O)[C@@](C)(OCC#Cc2cc(-c3cc4ccccc4nc3Cl)no2)C[C@@H](C)C(=O)[C@H](C)[C@H]2NC(=O)O[C@@]21C. The second-order valence-electron chi connectivity index (χ2n) is 17.4. The van der Waals surface area contributed by atoms with Crippen molar-refractivity contribution in [3.05, 3.63) is 47.3 Å². The van der Waals surface area contributed by atoms with Crippen molar-refractivity contribution in [3.8, 4) is 23.1 Å². The molecule has 0 saturated carbocycles. The average Bonchev–Trinajstić information content (AvgIpc) is 3.82. The number of fused-ring (bicyclic) bond motifs is 2. The van der Waals surface area contributed by atoms with Crippen molar-refractivity contribution in [1.82, 2.24) is 20.4 Å². The number of likely N-dealkylation sites (N-methyl/N-ethyl adjacent to an activating group) is 1. The maximum Gasteiger partial charge on any atom is 0.408 e. The third kappa shape index (κ3) is 9.50. The Bertz CT molecular complexity index is 2190. The maximum atomic E-state index is 14.5. The molecule has 2 N–H and O–H groups in total. The molecule has 3 saturated heterocycles. The van der Waals surface area contributed by atoms with Gasteiger partial charge < -0.3 is 43.5 Å². The van der Waals surface area contributed by atoms with Crippen LogP contribution in [0.1, 0.15) is 80.4 Å². The van der Waals surface area contributed by atoms with Crippen molar-refractivity contribution >= 4 is 46.1 Å². The number of hydrogen-bond acceptors (Lipinski definition) is 14. The fourth-order valence-electron chi connectivity index (χ4n) is 9.18. The number of pyridine rings is 1. The number of carbonyl (C=O) groups excluding carboxylic acids is 4. The van der Waals surface area contributed by atoms with Crippen molar-refractivity contribution in [1.29, 1.82) is 0 Å². The minimum atomic E-state index is -1.48. The Labute approximate surface area is 361 Å². The third-order valence-corrected chi connectivity index (χ3v) is 12.9. The second-order valence-corrected chi connectivity index (χ2v) is 17.7. The first-order chi connectivity index (χ1) is 28.8. The van der Waals surface area contributed by atoms with Crippen LogP contribution in [-0.2, 0) is 38.1 Å². The number of Topliss-reactive ketones (excluding diaryl/α,β-unsaturated/α-hetero) is 2. The predicted molar refractivity (Wildman–Crippen MR) is 224 cm³/mol. The molecule has 0 spiro atoms. The van der Waals surface area contributed by atoms with Gasteiger partial charge in [0.05, 0.1) is 29.4 Å². The number of ketones is 2. The van der Waals surface area contributed by atoms with Crippen LogP contribution in [0.15, 0.2) is 40.9 Å². The average molecular weight is 865 g/mol. The third-order valence-electron chi connectivity index (χ3n) is 12.6. The number of amides is 1. The summed E-state index contributed by atoms with van der Waals surface area (Å²) in [7, 11) is 3.70. The van der Waals surface area contributed by atoms with Crippen molar-refractivity contribution in [2.24, 2.45) is 23.7 Å². The zero-order valence-electron chi connectivity index (χ0n) is 36.4. The number of para-hydroxylation sites is 1. The monoisotopic (exact) mass is 864 g/mol. The van der Waals surface area contributed by atoms with Crippen LogP contribution in [0.3, 0.4) is 0 Å². The Morgan fingerprint density at radius 2 is 1.75 bits per heavy atom. The summed E-state index contributed by atoms with van der Waals surface area (Å²) in [5, 5.41) is 19.7. The Kier molecular flexibility index (Phi) is 14.0. The van der Waals surface area contributed by atoms with Gasteiger partial charge in [0.1, 0.15) is 41.4 Å². The summed E-state index contributed by atoms with van der Waals surface area (Å²) in [5.41, 5.74) is -1.16. The van der Waals surface area contributed by atoms with Gasteiger partial charge >= 0.3 is 12.1 Å². The van der Waals surface area contributed by atoms with Gasteiger partial charge in [0.15, 0.2) is 17.7 Å². The fourth-order valence-corrected chi connectivity index (χ4v) is 9.43. The standard InChI is InChI=1S/C45H57ClN4O11/c1-11-34-45(8)38(48-43(55)60-45)25(4)35(51)23(2)22-44(7,56-18-14-16-29-21-32(49-61-29)30-20-28-15-12-13-17-31(28)47-40(30)46)39(26(5)36(52)27(6)41(54)58-34)59-42-37(53)33(50(9)10)19-24(3)57-42/h12-13,15,17,20-21,23-27,33-34,37-39,42,53H,11,18-19,22H2,1-10H3,(H,48,55)/t23-,24-,25+,26+,27-,33+,34-,37-,38-,39-,42+,44+,45-/m1/s1. The maximum absolute atomic E-state index is 14.5. The summed E-state index contributed by atoms with van der Waals surface area (Å²) in [5.74, 6) is 0.625. The van der Waals surface area contributed by atoms with Gasteiger partial charge in [0.25, 0.3) is 0 Å². The molecule has 3 aliphatic rings. The van der Waals surface area contributed by atoms with Crippen molar-refractivity contribution in [2.45, 2.75) is 129 Å². The van der Waals surface area contributed by atoms with E-state index in [1.165, 1.54) is 6.92 Å². The minimum absolute atomic E-state index is 0.00378. The van der Waals surface area contributed by atoms with Crippen molar-refractivity contribution in [2.75, 3.05) is 20.7 Å². The summed E-state index contributed by atoms with van der Waals surface area (Å²) >= 11 is 6.52. The highest BCUT2D eigenvalue weighted by Crippen LogP contribution is 2.40. The zero-order valence-corrected chi connectivity index (χ0v) is 37.1. The lowest BCUT2D eigenvalue weighted by molar-refractivity contribution is -0.296. The molecule has 6 rings (SSSR count). The number of halogens is 1. The van der Waals surface area contributed by atoms with Crippen LogP contribution in [0.5, 0.6) is 0 Å². The zero-order chi connectivity index (χ0) is 44.6. The van der Waals surface area contributed by atoms with Crippen LogP contribution in [0.4, 0.5) is 4.79 Å². The van der Waals surface area contributed by atoms with Gasteiger partial charge in [-0.25, -0.2) is 9.78 Å². The van der Waals surface area contributed by atoms with Crippen LogP contribution in [0.25, 0.3) is 22.2 Å². The molecule has 0 radical (unpaired) electrons. The van der Waals surface area contributed by atoms with Gasteiger partial charge in [-0.2, -0.15) is 0 Å². The van der Waals surface area contributed by atoms with Crippen molar-refractivity contribution in [3.63, 3.8) is 0 Å². The molecule has 1 amide bonds. The van der Waals surface area contributed by atoms with E-state index in [-0.39, 0.29) is 48.3 Å². The van der Waals surface area contributed by atoms with E-state index in [4.69, 9.17) is 39.8 Å². The molecule has 5 heterocycles. The lowest BCUT2D eigenvalue weighted by atomic mass is 9.73. The van der Waals surface area contributed by atoms with E-state index in [0.717, 1.165) is 10.9 Å². The van der Waals surface area contributed by atoms with Crippen molar-refractivity contribution < 1.29 is 52.5 Å². The fraction of sp³-hybridized carbons (Fsp3) is 0.600. The Morgan fingerprint density at radius 1 is 1.03 bits per heavy atom. The number of aromatic nitrogens is 2. The number of aliphatic hydroxyl groups is 1. The van der Waals surface area contributed by atoms with E-state index >= 15 is 0 Å². The second kappa shape index (κ2) is 18.5. The van der Waals surface area contributed by atoms with Crippen LogP contribution in [-0.4, -0.2) is 118 Å². The number of cyclic esters (lactones) is 1. The largest absolute Gasteiger partial charge is 0.458 e. The molecule has 0 bridgehead atoms. The Balaban J connectivity index is 1.37. The molecule has 61 heavy (non-hydrogen) atoms. The number of rotatable bonds is 7. The molecule has 0 unspecified atom stereocenters. The van der Waals surface area contributed by atoms with Gasteiger partial charge in [-0.1, -0.05) is 68.6 Å². The number of ether oxygens (including phenoxy) is 5. The molecule has 0 aliphatic carbocycles. The van der Waals surface area contributed by atoms with Crippen LogP contribution >= 0.6 is 11.6 Å². The van der Waals surface area contributed by atoms with Crippen LogP contribution in [0, 0.1) is 35.5 Å².